The number of sulfonamides is 1. The highest BCUT2D eigenvalue weighted by molar-refractivity contribution is 7.92. The molecule has 1 amide bonds. The molecule has 0 saturated carbocycles. The summed E-state index contributed by atoms with van der Waals surface area (Å²) in [6.07, 6.45) is 0. The lowest BCUT2D eigenvalue weighted by Gasteiger charge is -2.15. The second-order valence-electron chi connectivity index (χ2n) is 6.24. The summed E-state index contributed by atoms with van der Waals surface area (Å²) in [4.78, 5) is 12.5. The zero-order valence-corrected chi connectivity index (χ0v) is 15.9. The van der Waals surface area contributed by atoms with Crippen molar-refractivity contribution in [1.82, 2.24) is 5.32 Å². The van der Waals surface area contributed by atoms with Gasteiger partial charge in [-0.25, -0.2) is 12.8 Å². The number of amides is 1. The van der Waals surface area contributed by atoms with Gasteiger partial charge in [0.15, 0.2) is 0 Å². The van der Waals surface area contributed by atoms with Crippen LogP contribution in [0.2, 0.25) is 0 Å². The van der Waals surface area contributed by atoms with Gasteiger partial charge < -0.3 is 5.32 Å². The average molecular weight is 398 g/mol. The molecule has 0 aliphatic heterocycles. The van der Waals surface area contributed by atoms with Gasteiger partial charge in [0.05, 0.1) is 10.9 Å². The summed E-state index contributed by atoms with van der Waals surface area (Å²) in [7, 11) is -3.69. The molecule has 0 saturated heterocycles. The van der Waals surface area contributed by atoms with Crippen LogP contribution in [0.25, 0.3) is 0 Å². The molecule has 0 bridgehead atoms. The number of anilines is 1. The highest BCUT2D eigenvalue weighted by Gasteiger charge is 2.15. The van der Waals surface area contributed by atoms with Crippen LogP contribution in [0.15, 0.2) is 83.8 Å². The molecule has 3 rings (SSSR count). The number of hydrogen-bond donors (Lipinski definition) is 2. The van der Waals surface area contributed by atoms with E-state index in [9.17, 15) is 17.6 Å². The van der Waals surface area contributed by atoms with Crippen molar-refractivity contribution < 1.29 is 17.6 Å². The minimum absolute atomic E-state index is 0.157. The topological polar surface area (TPSA) is 75.3 Å². The minimum atomic E-state index is -3.69. The van der Waals surface area contributed by atoms with Crippen LogP contribution in [0, 0.1) is 5.82 Å². The first kappa shape index (κ1) is 19.6. The number of carbonyl (C=O) groups excluding carboxylic acids is 1. The fraction of sp³-hybridized carbons (Fsp3) is 0.0952. The Morgan fingerprint density at radius 1 is 0.893 bits per heavy atom. The lowest BCUT2D eigenvalue weighted by atomic mass is 10.1. The van der Waals surface area contributed by atoms with Gasteiger partial charge in [-0.15, -0.1) is 0 Å². The van der Waals surface area contributed by atoms with Crippen molar-refractivity contribution >= 4 is 21.6 Å². The number of halogens is 1. The summed E-state index contributed by atoms with van der Waals surface area (Å²) in [5, 5.41) is 2.83. The van der Waals surface area contributed by atoms with E-state index in [1.54, 1.807) is 37.3 Å². The van der Waals surface area contributed by atoms with Gasteiger partial charge in [-0.3, -0.25) is 9.52 Å². The van der Waals surface area contributed by atoms with Gasteiger partial charge in [0.1, 0.15) is 5.82 Å². The lowest BCUT2D eigenvalue weighted by molar-refractivity contribution is 0.0940. The Kier molecular flexibility index (Phi) is 5.75. The summed E-state index contributed by atoms with van der Waals surface area (Å²) >= 11 is 0. The smallest absolute Gasteiger partial charge is 0.261 e. The van der Waals surface area contributed by atoms with E-state index < -0.39 is 10.0 Å². The summed E-state index contributed by atoms with van der Waals surface area (Å²) in [6, 6.07) is 19.8. The normalized spacial score (nSPS) is 12.2. The Bertz CT molecular complexity index is 1050. The van der Waals surface area contributed by atoms with Crippen molar-refractivity contribution in [2.75, 3.05) is 4.72 Å². The molecule has 2 N–H and O–H groups in total. The standard InChI is InChI=1S/C21H19FN2O3S/c1-15(16-7-11-18(22)12-8-16)23-21(25)17-9-13-19(14-10-17)24-28(26,27)20-5-3-2-4-6-20/h2-15,24H,1H3,(H,23,25)/t15-/m0/s1. The Morgan fingerprint density at radius 3 is 2.11 bits per heavy atom. The second-order valence-corrected chi connectivity index (χ2v) is 7.93. The van der Waals surface area contributed by atoms with E-state index in [1.165, 1.54) is 48.5 Å². The Hall–Kier alpha value is -3.19. The molecular formula is C21H19FN2O3S. The Balaban J connectivity index is 1.66. The first-order valence-corrected chi connectivity index (χ1v) is 10.1. The van der Waals surface area contributed by atoms with Crippen LogP contribution >= 0.6 is 0 Å². The van der Waals surface area contributed by atoms with Gasteiger partial charge in [0, 0.05) is 11.3 Å². The molecule has 0 heterocycles. The number of benzene rings is 3. The van der Waals surface area contributed by atoms with E-state index >= 15 is 0 Å². The van der Waals surface area contributed by atoms with Gasteiger partial charge >= 0.3 is 0 Å². The Labute approximate surface area is 163 Å². The third kappa shape index (κ3) is 4.75. The van der Waals surface area contributed by atoms with Crippen molar-refractivity contribution in [3.63, 3.8) is 0 Å². The molecule has 0 unspecified atom stereocenters. The van der Waals surface area contributed by atoms with Crippen LogP contribution in [-0.2, 0) is 10.0 Å². The first-order valence-electron chi connectivity index (χ1n) is 8.59. The molecule has 3 aromatic carbocycles. The molecule has 0 aromatic heterocycles. The van der Waals surface area contributed by atoms with Gasteiger partial charge in [-0.05, 0) is 61.0 Å². The highest BCUT2D eigenvalue weighted by atomic mass is 32.2. The number of rotatable bonds is 6. The van der Waals surface area contributed by atoms with Crippen LogP contribution in [0.3, 0.4) is 0 Å². The maximum absolute atomic E-state index is 13.0. The molecule has 144 valence electrons. The van der Waals surface area contributed by atoms with Crippen LogP contribution in [0.5, 0.6) is 0 Å². The van der Waals surface area contributed by atoms with E-state index in [1.807, 2.05) is 0 Å². The largest absolute Gasteiger partial charge is 0.346 e. The lowest BCUT2D eigenvalue weighted by Crippen LogP contribution is -2.26. The molecule has 0 radical (unpaired) electrons. The van der Waals surface area contributed by atoms with Gasteiger partial charge in [0.25, 0.3) is 15.9 Å². The van der Waals surface area contributed by atoms with Crippen molar-refractivity contribution in [2.45, 2.75) is 17.9 Å². The average Bonchev–Trinajstić information content (AvgIpc) is 2.69. The number of nitrogens with one attached hydrogen (secondary N) is 2. The number of hydrogen-bond acceptors (Lipinski definition) is 3. The molecular weight excluding hydrogens is 379 g/mol. The second kappa shape index (κ2) is 8.22. The zero-order chi connectivity index (χ0) is 20.1. The minimum Gasteiger partial charge on any atom is -0.346 e. The third-order valence-corrected chi connectivity index (χ3v) is 5.57. The Morgan fingerprint density at radius 2 is 1.50 bits per heavy atom. The fourth-order valence-corrected chi connectivity index (χ4v) is 3.70. The maximum Gasteiger partial charge on any atom is 0.261 e. The molecule has 0 aliphatic carbocycles. The molecule has 0 fully saturated rings. The molecule has 28 heavy (non-hydrogen) atoms. The van der Waals surface area contributed by atoms with E-state index in [0.29, 0.717) is 11.3 Å². The van der Waals surface area contributed by atoms with Crippen LogP contribution in [0.1, 0.15) is 28.9 Å². The third-order valence-electron chi connectivity index (χ3n) is 4.17. The molecule has 5 nitrogen and oxygen atoms in total. The fourth-order valence-electron chi connectivity index (χ4n) is 2.62. The SMILES string of the molecule is C[C@H](NC(=O)c1ccc(NS(=O)(=O)c2ccccc2)cc1)c1ccc(F)cc1. The quantitative estimate of drug-likeness (QED) is 0.656. The van der Waals surface area contributed by atoms with Crippen LogP contribution in [-0.4, -0.2) is 14.3 Å². The van der Waals surface area contributed by atoms with Gasteiger partial charge in [-0.1, -0.05) is 30.3 Å². The molecule has 0 spiro atoms. The highest BCUT2D eigenvalue weighted by Crippen LogP contribution is 2.18. The molecule has 0 aliphatic rings. The monoisotopic (exact) mass is 398 g/mol. The van der Waals surface area contributed by atoms with Gasteiger partial charge in [0.2, 0.25) is 0 Å². The summed E-state index contributed by atoms with van der Waals surface area (Å²) in [6.45, 7) is 1.80. The zero-order valence-electron chi connectivity index (χ0n) is 15.1. The predicted octanol–water partition coefficient (Wildman–Crippen LogP) is 4.12. The molecule has 7 heteroatoms. The van der Waals surface area contributed by atoms with E-state index in [4.69, 9.17) is 0 Å². The van der Waals surface area contributed by atoms with Crippen LogP contribution < -0.4 is 10.0 Å². The van der Waals surface area contributed by atoms with Crippen molar-refractivity contribution in [3.8, 4) is 0 Å². The predicted molar refractivity (Wildman–Crippen MR) is 106 cm³/mol. The summed E-state index contributed by atoms with van der Waals surface area (Å²) in [5.41, 5.74) is 1.52. The summed E-state index contributed by atoms with van der Waals surface area (Å²) in [5.74, 6) is -0.648. The van der Waals surface area contributed by atoms with E-state index in [2.05, 4.69) is 10.0 Å². The molecule has 3 aromatic rings. The van der Waals surface area contributed by atoms with Crippen LogP contribution in [0.4, 0.5) is 10.1 Å². The summed E-state index contributed by atoms with van der Waals surface area (Å²) < 4.78 is 40.1. The van der Waals surface area contributed by atoms with Crippen molar-refractivity contribution in [3.05, 3.63) is 95.8 Å². The van der Waals surface area contributed by atoms with Crippen molar-refractivity contribution in [1.29, 1.82) is 0 Å². The maximum atomic E-state index is 13.0. The van der Waals surface area contributed by atoms with E-state index in [-0.39, 0.29) is 22.7 Å². The van der Waals surface area contributed by atoms with Crippen molar-refractivity contribution in [2.24, 2.45) is 0 Å². The van der Waals surface area contributed by atoms with E-state index in [0.717, 1.165) is 5.56 Å². The van der Waals surface area contributed by atoms with Gasteiger partial charge in [-0.2, -0.15) is 0 Å². The first-order chi connectivity index (χ1) is 13.3. The number of carbonyl (C=O) groups is 1. The molecule has 1 atom stereocenters.